The summed E-state index contributed by atoms with van der Waals surface area (Å²) in [4.78, 5) is 4.35. The van der Waals surface area contributed by atoms with Crippen molar-refractivity contribution < 1.29 is 0 Å². The first kappa shape index (κ1) is 11.8. The van der Waals surface area contributed by atoms with Gasteiger partial charge >= 0.3 is 0 Å². The van der Waals surface area contributed by atoms with Crippen molar-refractivity contribution >= 4 is 11.8 Å². The summed E-state index contributed by atoms with van der Waals surface area (Å²) in [6.07, 6.45) is 8.28. The highest BCUT2D eigenvalue weighted by molar-refractivity contribution is 5.86. The monoisotopic (exact) mass is 225 g/mol. The lowest BCUT2D eigenvalue weighted by molar-refractivity contribution is 0.843. The largest absolute Gasteiger partial charge is 0.268 e. The van der Waals surface area contributed by atoms with Gasteiger partial charge in [-0.1, -0.05) is 44.2 Å². The van der Waals surface area contributed by atoms with Crippen LogP contribution in [0.25, 0.3) is 5.57 Å². The van der Waals surface area contributed by atoms with E-state index in [0.717, 1.165) is 12.8 Å². The van der Waals surface area contributed by atoms with Crippen molar-refractivity contribution in [2.45, 2.75) is 26.7 Å². The summed E-state index contributed by atoms with van der Waals surface area (Å²) < 4.78 is 0. The molecule has 88 valence electrons. The SMILES string of the molecule is CCC1=C(c2ccccc2)C(CC)C=NC=C1. The highest BCUT2D eigenvalue weighted by Crippen LogP contribution is 2.31. The molecule has 1 aliphatic heterocycles. The van der Waals surface area contributed by atoms with Gasteiger partial charge in [-0.3, -0.25) is 4.99 Å². The lowest BCUT2D eigenvalue weighted by Gasteiger charge is -2.17. The van der Waals surface area contributed by atoms with Crippen molar-refractivity contribution in [3.8, 4) is 0 Å². The van der Waals surface area contributed by atoms with Crippen LogP contribution in [0, 0.1) is 5.92 Å². The second-order valence-corrected chi connectivity index (χ2v) is 4.29. The van der Waals surface area contributed by atoms with Gasteiger partial charge < -0.3 is 0 Å². The fourth-order valence-electron chi connectivity index (χ4n) is 2.32. The van der Waals surface area contributed by atoms with Crippen molar-refractivity contribution in [1.29, 1.82) is 0 Å². The van der Waals surface area contributed by atoms with E-state index in [-0.39, 0.29) is 0 Å². The summed E-state index contributed by atoms with van der Waals surface area (Å²) in [5.74, 6) is 0.433. The molecule has 1 unspecified atom stereocenters. The predicted molar refractivity (Wildman–Crippen MR) is 75.1 cm³/mol. The maximum Gasteiger partial charge on any atom is 0.0266 e. The third-order valence-corrected chi connectivity index (χ3v) is 3.25. The van der Waals surface area contributed by atoms with Crippen molar-refractivity contribution in [2.24, 2.45) is 10.9 Å². The third kappa shape index (κ3) is 2.55. The Hall–Kier alpha value is -1.63. The summed E-state index contributed by atoms with van der Waals surface area (Å²) in [5.41, 5.74) is 4.17. The average Bonchev–Trinajstić information content (AvgIpc) is 2.61. The molecular formula is C16H19N. The van der Waals surface area contributed by atoms with Gasteiger partial charge in [-0.05, 0) is 35.6 Å². The first-order chi connectivity index (χ1) is 8.36. The molecule has 0 aliphatic carbocycles. The summed E-state index contributed by atoms with van der Waals surface area (Å²) in [5, 5.41) is 0. The molecule has 1 aromatic rings. The second kappa shape index (κ2) is 5.62. The standard InChI is InChI=1S/C16H19N/c1-3-13-10-11-17-12-14(4-2)16(13)15-8-6-5-7-9-15/h5-12,14H,3-4H2,1-2H3. The molecule has 17 heavy (non-hydrogen) atoms. The fourth-order valence-corrected chi connectivity index (χ4v) is 2.32. The molecule has 0 spiro atoms. The van der Waals surface area contributed by atoms with E-state index in [4.69, 9.17) is 0 Å². The fraction of sp³-hybridized carbons (Fsp3) is 0.312. The Labute approximate surface area is 104 Å². The molecule has 0 N–H and O–H groups in total. The van der Waals surface area contributed by atoms with Crippen LogP contribution < -0.4 is 0 Å². The first-order valence-corrected chi connectivity index (χ1v) is 6.35. The van der Waals surface area contributed by atoms with Crippen molar-refractivity contribution in [3.63, 3.8) is 0 Å². The van der Waals surface area contributed by atoms with Gasteiger partial charge in [-0.2, -0.15) is 0 Å². The molecule has 0 saturated heterocycles. The van der Waals surface area contributed by atoms with E-state index in [2.05, 4.69) is 61.5 Å². The minimum absolute atomic E-state index is 0.433. The van der Waals surface area contributed by atoms with E-state index < -0.39 is 0 Å². The molecule has 2 rings (SSSR count). The van der Waals surface area contributed by atoms with E-state index in [9.17, 15) is 0 Å². The number of hydrogen-bond donors (Lipinski definition) is 0. The molecule has 0 bridgehead atoms. The number of aliphatic imine (C=N–C) groups is 1. The topological polar surface area (TPSA) is 12.4 Å². The molecule has 1 aliphatic rings. The number of allylic oxidation sites excluding steroid dienone is 3. The van der Waals surface area contributed by atoms with Gasteiger partial charge in [0, 0.05) is 18.3 Å². The van der Waals surface area contributed by atoms with E-state index in [1.54, 1.807) is 0 Å². The molecule has 1 heteroatoms. The van der Waals surface area contributed by atoms with Gasteiger partial charge in [0.05, 0.1) is 0 Å². The zero-order valence-electron chi connectivity index (χ0n) is 10.6. The van der Waals surface area contributed by atoms with Crippen LogP contribution in [-0.2, 0) is 0 Å². The second-order valence-electron chi connectivity index (χ2n) is 4.29. The highest BCUT2D eigenvalue weighted by Gasteiger charge is 2.16. The van der Waals surface area contributed by atoms with E-state index in [1.807, 2.05) is 6.20 Å². The van der Waals surface area contributed by atoms with Crippen molar-refractivity contribution in [3.05, 3.63) is 53.7 Å². The number of hydrogen-bond acceptors (Lipinski definition) is 1. The molecule has 1 aromatic carbocycles. The number of nitrogens with zero attached hydrogens (tertiary/aromatic N) is 1. The molecule has 0 aromatic heterocycles. The van der Waals surface area contributed by atoms with E-state index >= 15 is 0 Å². The molecule has 1 heterocycles. The van der Waals surface area contributed by atoms with Crippen LogP contribution in [0.3, 0.4) is 0 Å². The van der Waals surface area contributed by atoms with Gasteiger partial charge in [-0.15, -0.1) is 0 Å². The van der Waals surface area contributed by atoms with Crippen molar-refractivity contribution in [2.75, 3.05) is 0 Å². The molecule has 0 saturated carbocycles. The van der Waals surface area contributed by atoms with Crippen LogP contribution >= 0.6 is 0 Å². The maximum absolute atomic E-state index is 4.35. The van der Waals surface area contributed by atoms with Crippen LogP contribution in [0.2, 0.25) is 0 Å². The van der Waals surface area contributed by atoms with E-state index in [1.165, 1.54) is 16.7 Å². The molecule has 1 nitrogen and oxygen atoms in total. The maximum atomic E-state index is 4.35. The average molecular weight is 225 g/mol. The number of benzene rings is 1. The van der Waals surface area contributed by atoms with Gasteiger partial charge in [0.25, 0.3) is 0 Å². The Morgan fingerprint density at radius 2 is 1.88 bits per heavy atom. The first-order valence-electron chi connectivity index (χ1n) is 6.35. The lowest BCUT2D eigenvalue weighted by atomic mass is 9.87. The quantitative estimate of drug-likeness (QED) is 0.719. The summed E-state index contributed by atoms with van der Waals surface area (Å²) in [7, 11) is 0. The molecule has 0 fully saturated rings. The van der Waals surface area contributed by atoms with Crippen molar-refractivity contribution in [1.82, 2.24) is 0 Å². The molecule has 0 amide bonds. The number of rotatable bonds is 3. The zero-order valence-corrected chi connectivity index (χ0v) is 10.6. The lowest BCUT2D eigenvalue weighted by Crippen LogP contribution is -2.05. The molecular weight excluding hydrogens is 206 g/mol. The normalized spacial score (nSPS) is 19.5. The van der Waals surface area contributed by atoms with Gasteiger partial charge in [-0.25, -0.2) is 0 Å². The summed E-state index contributed by atoms with van der Waals surface area (Å²) in [6.45, 7) is 4.43. The highest BCUT2D eigenvalue weighted by atomic mass is 14.7. The zero-order chi connectivity index (χ0) is 12.1. The van der Waals surface area contributed by atoms with Crippen LogP contribution in [0.4, 0.5) is 0 Å². The summed E-state index contributed by atoms with van der Waals surface area (Å²) >= 11 is 0. The summed E-state index contributed by atoms with van der Waals surface area (Å²) in [6, 6.07) is 10.7. The smallest absolute Gasteiger partial charge is 0.0266 e. The predicted octanol–water partition coefficient (Wildman–Crippen LogP) is 4.47. The Balaban J connectivity index is 2.53. The molecule has 1 atom stereocenters. The third-order valence-electron chi connectivity index (χ3n) is 3.25. The van der Waals surface area contributed by atoms with Crippen LogP contribution in [-0.4, -0.2) is 6.21 Å². The minimum Gasteiger partial charge on any atom is -0.268 e. The minimum atomic E-state index is 0.433. The molecule has 0 radical (unpaired) electrons. The van der Waals surface area contributed by atoms with Crippen LogP contribution in [0.1, 0.15) is 32.3 Å². The van der Waals surface area contributed by atoms with Gasteiger partial charge in [0.2, 0.25) is 0 Å². The Kier molecular flexibility index (Phi) is 3.92. The Morgan fingerprint density at radius 1 is 1.12 bits per heavy atom. The Morgan fingerprint density at radius 3 is 2.53 bits per heavy atom. The van der Waals surface area contributed by atoms with Gasteiger partial charge in [0.1, 0.15) is 0 Å². The van der Waals surface area contributed by atoms with Crippen LogP contribution in [0.15, 0.2) is 53.2 Å². The van der Waals surface area contributed by atoms with Gasteiger partial charge in [0.15, 0.2) is 0 Å². The van der Waals surface area contributed by atoms with Crippen LogP contribution in [0.5, 0.6) is 0 Å². The Bertz CT molecular complexity index is 452. The van der Waals surface area contributed by atoms with E-state index in [0.29, 0.717) is 5.92 Å².